The summed E-state index contributed by atoms with van der Waals surface area (Å²) in [5, 5.41) is 2.92. The predicted molar refractivity (Wildman–Crippen MR) is 165 cm³/mol. The van der Waals surface area contributed by atoms with Gasteiger partial charge in [0.2, 0.25) is 15.6 Å². The van der Waals surface area contributed by atoms with Gasteiger partial charge in [-0.25, -0.2) is 13.2 Å². The molecule has 3 aromatic rings. The van der Waals surface area contributed by atoms with E-state index >= 15 is 0 Å². The lowest BCUT2D eigenvalue weighted by Crippen LogP contribution is -2.49. The number of nitrogens with one attached hydrogen (secondary N) is 3. The summed E-state index contributed by atoms with van der Waals surface area (Å²) in [6.45, 7) is 5.43. The van der Waals surface area contributed by atoms with Gasteiger partial charge in [-0.05, 0) is 67.3 Å². The van der Waals surface area contributed by atoms with Gasteiger partial charge in [0.25, 0.3) is 0 Å². The smallest absolute Gasteiger partial charge is 0.322 e. The van der Waals surface area contributed by atoms with E-state index in [2.05, 4.69) is 26.8 Å². The monoisotopic (exact) mass is 603 g/mol. The molecule has 0 saturated carbocycles. The minimum absolute atomic E-state index is 0. The number of anilines is 2. The van der Waals surface area contributed by atoms with Crippen molar-refractivity contribution in [1.29, 1.82) is 0 Å². The Balaban J connectivity index is 0.00000462. The number of nitrogens with zero attached hydrogens (tertiary/aromatic N) is 2. The van der Waals surface area contributed by atoms with Crippen LogP contribution in [-0.2, 0) is 16.6 Å². The van der Waals surface area contributed by atoms with Gasteiger partial charge in [0.05, 0.1) is 11.9 Å². The number of rotatable bonds is 11. The van der Waals surface area contributed by atoms with Crippen LogP contribution in [0, 0.1) is 0 Å². The summed E-state index contributed by atoms with van der Waals surface area (Å²) in [7, 11) is -3.32. The number of pyridine rings is 1. The first kappa shape index (κ1) is 32.0. The number of carbonyl (C=O) groups is 1. The maximum Gasteiger partial charge on any atom is 0.322 e. The van der Waals surface area contributed by atoms with E-state index in [1.165, 1.54) is 17.8 Å². The Hall–Kier alpha value is -3.54. The fraction of sp³-hybridized carbons (Fsp3) is 0.379. The summed E-state index contributed by atoms with van der Waals surface area (Å²) >= 11 is 0. The van der Waals surface area contributed by atoms with Crippen molar-refractivity contribution in [3.05, 3.63) is 82.8 Å². The van der Waals surface area contributed by atoms with Crippen molar-refractivity contribution in [2.45, 2.75) is 45.2 Å². The molecule has 222 valence electrons. The molecule has 1 fully saturated rings. The highest BCUT2D eigenvalue weighted by Crippen LogP contribution is 2.25. The Bertz CT molecular complexity index is 1400. The van der Waals surface area contributed by atoms with Crippen molar-refractivity contribution < 1.29 is 17.9 Å². The summed E-state index contributed by atoms with van der Waals surface area (Å²) in [5.74, 6) is 1.32. The lowest BCUT2D eigenvalue weighted by atomic mass is 10.0. The van der Waals surface area contributed by atoms with Crippen LogP contribution >= 0.6 is 12.4 Å². The molecule has 41 heavy (non-hydrogen) atoms. The van der Waals surface area contributed by atoms with Crippen LogP contribution in [0.1, 0.15) is 38.2 Å². The molecule has 1 aromatic heterocycles. The number of hydrogen-bond donors (Lipinski definition) is 3. The molecule has 0 unspecified atom stereocenters. The molecule has 12 heteroatoms. The molecule has 0 atom stereocenters. The number of halogens is 1. The Kier molecular flexibility index (Phi) is 11.6. The van der Waals surface area contributed by atoms with Gasteiger partial charge in [0.15, 0.2) is 0 Å². The van der Waals surface area contributed by atoms with Crippen LogP contribution in [0.4, 0.5) is 16.2 Å². The summed E-state index contributed by atoms with van der Waals surface area (Å²) in [5.41, 5.74) is 2.04. The molecule has 0 radical (unpaired) electrons. The van der Waals surface area contributed by atoms with Crippen LogP contribution in [-0.4, -0.2) is 61.2 Å². The van der Waals surface area contributed by atoms with Crippen molar-refractivity contribution in [3.63, 3.8) is 0 Å². The highest BCUT2D eigenvalue weighted by Gasteiger charge is 2.27. The van der Waals surface area contributed by atoms with E-state index < -0.39 is 10.0 Å². The van der Waals surface area contributed by atoms with E-state index in [4.69, 9.17) is 4.74 Å². The van der Waals surface area contributed by atoms with Gasteiger partial charge in [-0.1, -0.05) is 25.5 Å². The molecular formula is C29H38ClN5O5S. The second kappa shape index (κ2) is 14.9. The second-order valence-electron chi connectivity index (χ2n) is 10.1. The quantitative estimate of drug-likeness (QED) is 0.275. The van der Waals surface area contributed by atoms with Gasteiger partial charge in [-0.2, -0.15) is 0 Å². The Morgan fingerprint density at radius 2 is 1.61 bits per heavy atom. The Morgan fingerprint density at radius 3 is 2.17 bits per heavy atom. The zero-order chi connectivity index (χ0) is 28.5. The molecule has 1 aliphatic rings. The van der Waals surface area contributed by atoms with Crippen LogP contribution in [0.2, 0.25) is 0 Å². The van der Waals surface area contributed by atoms with Crippen molar-refractivity contribution in [3.8, 4) is 11.5 Å². The average molecular weight is 604 g/mol. The molecular weight excluding hydrogens is 566 g/mol. The van der Waals surface area contributed by atoms with Crippen molar-refractivity contribution >= 4 is 39.8 Å². The number of hydrogen-bond acceptors (Lipinski definition) is 6. The normalized spacial score (nSPS) is 14.1. The summed E-state index contributed by atoms with van der Waals surface area (Å²) in [6, 6.07) is 17.8. The van der Waals surface area contributed by atoms with Gasteiger partial charge >= 0.3 is 6.03 Å². The summed E-state index contributed by atoms with van der Waals surface area (Å²) in [6.07, 6.45) is 6.37. The number of sulfonamides is 1. The third-order valence-corrected chi connectivity index (χ3v) is 7.38. The Labute approximate surface area is 247 Å². The first-order valence-corrected chi connectivity index (χ1v) is 15.4. The zero-order valence-corrected chi connectivity index (χ0v) is 25.0. The predicted octanol–water partition coefficient (Wildman–Crippen LogP) is 5.26. The van der Waals surface area contributed by atoms with Crippen molar-refractivity contribution in [2.24, 2.45) is 0 Å². The van der Waals surface area contributed by atoms with Gasteiger partial charge in [0.1, 0.15) is 11.5 Å². The fourth-order valence-corrected chi connectivity index (χ4v) is 5.28. The second-order valence-corrected chi connectivity index (χ2v) is 11.8. The number of carbonyl (C=O) groups excluding carboxylic acids is 1. The molecule has 0 aliphatic carbocycles. The molecule has 2 heterocycles. The van der Waals surface area contributed by atoms with Gasteiger partial charge in [-0.15, -0.1) is 12.4 Å². The van der Waals surface area contributed by atoms with Crippen LogP contribution in [0.15, 0.2) is 71.7 Å². The number of amides is 2. The van der Waals surface area contributed by atoms with Gasteiger partial charge in [0, 0.05) is 50.2 Å². The minimum atomic E-state index is -3.32. The highest BCUT2D eigenvalue weighted by molar-refractivity contribution is 7.92. The lowest BCUT2D eigenvalue weighted by molar-refractivity contribution is 0.122. The van der Waals surface area contributed by atoms with Crippen molar-refractivity contribution in [1.82, 2.24) is 14.8 Å². The number of aromatic amines is 1. The van der Waals surface area contributed by atoms with Crippen molar-refractivity contribution in [2.75, 3.05) is 35.9 Å². The number of H-pyrrole nitrogens is 1. The molecule has 1 saturated heterocycles. The lowest BCUT2D eigenvalue weighted by Gasteiger charge is -2.38. The van der Waals surface area contributed by atoms with E-state index in [9.17, 15) is 18.0 Å². The molecule has 10 nitrogen and oxygen atoms in total. The topological polar surface area (TPSA) is 124 Å². The summed E-state index contributed by atoms with van der Waals surface area (Å²) < 4.78 is 31.1. The zero-order valence-electron chi connectivity index (χ0n) is 23.3. The number of benzene rings is 2. The van der Waals surface area contributed by atoms with E-state index in [1.54, 1.807) is 30.3 Å². The van der Waals surface area contributed by atoms with Crippen LogP contribution in [0.3, 0.4) is 0 Å². The third kappa shape index (κ3) is 10.1. The average Bonchev–Trinajstić information content (AvgIpc) is 2.92. The Morgan fingerprint density at radius 1 is 1.00 bits per heavy atom. The number of likely N-dealkylation sites (tertiary alicyclic amines) is 1. The SMILES string of the molecule is CCCCN(C(=O)Nc1ccc(=O)[nH]c1)C1CCN(Cc2ccc(Oc3ccc(NS(C)(=O)=O)cc3)cc2)CC1.Cl. The molecule has 3 N–H and O–H groups in total. The van der Waals surface area contributed by atoms with E-state index in [0.717, 1.165) is 51.6 Å². The summed E-state index contributed by atoms with van der Waals surface area (Å²) in [4.78, 5) is 31.3. The van der Waals surface area contributed by atoms with Gasteiger partial charge in [-0.3, -0.25) is 14.4 Å². The first-order chi connectivity index (χ1) is 19.2. The van der Waals surface area contributed by atoms with Gasteiger partial charge < -0.3 is 19.9 Å². The fourth-order valence-electron chi connectivity index (χ4n) is 4.71. The maximum absolute atomic E-state index is 13.1. The third-order valence-electron chi connectivity index (χ3n) is 6.77. The van der Waals surface area contributed by atoms with Crippen LogP contribution in [0.5, 0.6) is 11.5 Å². The van der Waals surface area contributed by atoms with E-state index in [0.29, 0.717) is 29.4 Å². The number of unbranched alkanes of at least 4 members (excludes halogenated alkanes) is 1. The minimum Gasteiger partial charge on any atom is -0.457 e. The molecule has 2 amide bonds. The van der Waals surface area contributed by atoms with Crippen LogP contribution in [0.25, 0.3) is 0 Å². The van der Waals surface area contributed by atoms with E-state index in [1.807, 2.05) is 29.2 Å². The van der Waals surface area contributed by atoms with Crippen LogP contribution < -0.4 is 20.3 Å². The molecule has 0 spiro atoms. The molecule has 0 bridgehead atoms. The highest BCUT2D eigenvalue weighted by atomic mass is 35.5. The number of aromatic nitrogens is 1. The molecule has 2 aromatic carbocycles. The molecule has 4 rings (SSSR count). The molecule has 1 aliphatic heterocycles. The largest absolute Gasteiger partial charge is 0.457 e. The number of piperidine rings is 1. The first-order valence-electron chi connectivity index (χ1n) is 13.5. The number of ether oxygens (including phenoxy) is 1. The maximum atomic E-state index is 13.1. The van der Waals surface area contributed by atoms with E-state index in [-0.39, 0.29) is 30.0 Å². The standard InChI is InChI=1S/C29H37N5O5S.ClH/c1-3-4-17-34(29(36)31-24-9-14-28(35)30-20-24)25-15-18-33(19-16-25)21-22-5-10-26(11-6-22)39-27-12-7-23(8-13-27)32-40(2,37)38;/h5-14,20,25,32H,3-4,15-19,21H2,1-2H3,(H,30,35)(H,31,36);1H. The number of urea groups is 1.